The SMILES string of the molecule is Fc1ccc(-c2nnn(CCOc3ccccc3)c2-c2ccncc2)cc1. The Kier molecular flexibility index (Phi) is 4.87. The zero-order chi connectivity index (χ0) is 18.5. The Morgan fingerprint density at radius 3 is 2.33 bits per heavy atom. The summed E-state index contributed by atoms with van der Waals surface area (Å²) in [4.78, 5) is 4.08. The molecule has 0 saturated heterocycles. The Bertz CT molecular complexity index is 1000. The molecule has 4 rings (SSSR count). The topological polar surface area (TPSA) is 52.8 Å². The first kappa shape index (κ1) is 16.9. The van der Waals surface area contributed by atoms with Crippen molar-refractivity contribution in [3.63, 3.8) is 0 Å². The molecular formula is C21H17FN4O. The van der Waals surface area contributed by atoms with Crippen LogP contribution in [0.15, 0.2) is 79.1 Å². The van der Waals surface area contributed by atoms with Gasteiger partial charge in [-0.15, -0.1) is 5.10 Å². The average Bonchev–Trinajstić information content (AvgIpc) is 3.14. The van der Waals surface area contributed by atoms with E-state index in [4.69, 9.17) is 4.74 Å². The number of hydrogen-bond acceptors (Lipinski definition) is 4. The molecule has 0 amide bonds. The molecule has 2 aromatic heterocycles. The number of nitrogens with zero attached hydrogens (tertiary/aromatic N) is 4. The standard InChI is InChI=1S/C21H17FN4O/c22-18-8-6-16(7-9-18)20-21(17-10-12-23-13-11-17)26(25-24-20)14-15-27-19-4-2-1-3-5-19/h1-13H,14-15H2. The summed E-state index contributed by atoms with van der Waals surface area (Å²) in [5.74, 6) is 0.523. The highest BCUT2D eigenvalue weighted by atomic mass is 19.1. The summed E-state index contributed by atoms with van der Waals surface area (Å²) in [5.41, 5.74) is 3.29. The molecule has 0 bridgehead atoms. The molecule has 134 valence electrons. The van der Waals surface area contributed by atoms with Crippen LogP contribution in [-0.2, 0) is 6.54 Å². The van der Waals surface area contributed by atoms with Gasteiger partial charge >= 0.3 is 0 Å². The molecule has 2 aromatic carbocycles. The van der Waals surface area contributed by atoms with Crippen molar-refractivity contribution in [3.8, 4) is 28.3 Å². The summed E-state index contributed by atoms with van der Waals surface area (Å²) < 4.78 is 20.9. The molecule has 0 aliphatic heterocycles. The van der Waals surface area contributed by atoms with E-state index in [1.807, 2.05) is 42.5 Å². The van der Waals surface area contributed by atoms with Crippen molar-refractivity contribution in [1.82, 2.24) is 20.0 Å². The van der Waals surface area contributed by atoms with Gasteiger partial charge in [0.25, 0.3) is 0 Å². The van der Waals surface area contributed by atoms with Gasteiger partial charge in [0, 0.05) is 23.5 Å². The molecule has 6 heteroatoms. The third kappa shape index (κ3) is 3.84. The fourth-order valence-electron chi connectivity index (χ4n) is 2.83. The number of pyridine rings is 1. The second-order valence-corrected chi connectivity index (χ2v) is 5.91. The number of ether oxygens (including phenoxy) is 1. The van der Waals surface area contributed by atoms with Crippen molar-refractivity contribution in [3.05, 3.63) is 84.9 Å². The van der Waals surface area contributed by atoms with Gasteiger partial charge < -0.3 is 4.74 Å². The summed E-state index contributed by atoms with van der Waals surface area (Å²) in [7, 11) is 0. The minimum Gasteiger partial charge on any atom is -0.492 e. The Balaban J connectivity index is 1.64. The first-order chi connectivity index (χ1) is 13.3. The lowest BCUT2D eigenvalue weighted by atomic mass is 10.1. The molecule has 4 aromatic rings. The number of halogens is 1. The highest BCUT2D eigenvalue weighted by Gasteiger charge is 2.16. The number of benzene rings is 2. The molecule has 27 heavy (non-hydrogen) atoms. The zero-order valence-electron chi connectivity index (χ0n) is 14.5. The summed E-state index contributed by atoms with van der Waals surface area (Å²) >= 11 is 0. The predicted molar refractivity (Wildman–Crippen MR) is 101 cm³/mol. The smallest absolute Gasteiger partial charge is 0.123 e. The normalized spacial score (nSPS) is 10.7. The van der Waals surface area contributed by atoms with Crippen LogP contribution in [0.25, 0.3) is 22.5 Å². The third-order valence-electron chi connectivity index (χ3n) is 4.12. The van der Waals surface area contributed by atoms with Gasteiger partial charge in [-0.2, -0.15) is 0 Å². The highest BCUT2D eigenvalue weighted by Crippen LogP contribution is 2.30. The van der Waals surface area contributed by atoms with Crippen molar-refractivity contribution in [2.45, 2.75) is 6.54 Å². The van der Waals surface area contributed by atoms with Crippen LogP contribution in [0, 0.1) is 5.82 Å². The summed E-state index contributed by atoms with van der Waals surface area (Å²) in [5, 5.41) is 8.63. The Morgan fingerprint density at radius 2 is 1.59 bits per heavy atom. The van der Waals surface area contributed by atoms with Gasteiger partial charge in [0.1, 0.15) is 23.9 Å². The van der Waals surface area contributed by atoms with Crippen molar-refractivity contribution in [1.29, 1.82) is 0 Å². The van der Waals surface area contributed by atoms with E-state index in [0.717, 1.165) is 22.6 Å². The first-order valence-electron chi connectivity index (χ1n) is 8.59. The summed E-state index contributed by atoms with van der Waals surface area (Å²) in [6.45, 7) is 0.981. The number of rotatable bonds is 6. The molecule has 0 N–H and O–H groups in total. The maximum Gasteiger partial charge on any atom is 0.123 e. The third-order valence-corrected chi connectivity index (χ3v) is 4.12. The van der Waals surface area contributed by atoms with E-state index in [1.54, 1.807) is 29.2 Å². The van der Waals surface area contributed by atoms with Crippen LogP contribution in [0.4, 0.5) is 4.39 Å². The van der Waals surface area contributed by atoms with Gasteiger partial charge in [-0.25, -0.2) is 9.07 Å². The molecule has 0 atom stereocenters. The lowest BCUT2D eigenvalue weighted by Gasteiger charge is -2.10. The van der Waals surface area contributed by atoms with E-state index in [1.165, 1.54) is 12.1 Å². The summed E-state index contributed by atoms with van der Waals surface area (Å²) in [6.07, 6.45) is 3.45. The first-order valence-corrected chi connectivity index (χ1v) is 8.59. The Labute approximate surface area is 156 Å². The maximum atomic E-state index is 13.3. The van der Waals surface area contributed by atoms with Crippen LogP contribution in [0.5, 0.6) is 5.75 Å². The van der Waals surface area contributed by atoms with Crippen LogP contribution in [-0.4, -0.2) is 26.6 Å². The van der Waals surface area contributed by atoms with Crippen molar-refractivity contribution in [2.75, 3.05) is 6.61 Å². The Morgan fingerprint density at radius 1 is 0.852 bits per heavy atom. The molecule has 0 fully saturated rings. The fraction of sp³-hybridized carbons (Fsp3) is 0.0952. The second kappa shape index (κ2) is 7.78. The van der Waals surface area contributed by atoms with Gasteiger partial charge in [0.05, 0.1) is 12.2 Å². The van der Waals surface area contributed by atoms with E-state index >= 15 is 0 Å². The lowest BCUT2D eigenvalue weighted by Crippen LogP contribution is -2.11. The van der Waals surface area contributed by atoms with E-state index in [9.17, 15) is 4.39 Å². The maximum absolute atomic E-state index is 13.3. The van der Waals surface area contributed by atoms with Crippen LogP contribution in [0.3, 0.4) is 0 Å². The predicted octanol–water partition coefficient (Wildman–Crippen LogP) is 4.23. The van der Waals surface area contributed by atoms with Gasteiger partial charge in [0.2, 0.25) is 0 Å². The lowest BCUT2D eigenvalue weighted by molar-refractivity contribution is 0.290. The van der Waals surface area contributed by atoms with Crippen molar-refractivity contribution < 1.29 is 9.13 Å². The van der Waals surface area contributed by atoms with Gasteiger partial charge in [-0.1, -0.05) is 23.4 Å². The molecule has 0 aliphatic rings. The number of para-hydroxylation sites is 1. The van der Waals surface area contributed by atoms with E-state index in [-0.39, 0.29) is 5.82 Å². The highest BCUT2D eigenvalue weighted by molar-refractivity contribution is 5.77. The minimum absolute atomic E-state index is 0.284. The minimum atomic E-state index is -0.284. The van der Waals surface area contributed by atoms with Crippen LogP contribution < -0.4 is 4.74 Å². The zero-order valence-corrected chi connectivity index (χ0v) is 14.5. The van der Waals surface area contributed by atoms with Crippen LogP contribution in [0.2, 0.25) is 0 Å². The molecule has 0 spiro atoms. The number of aromatic nitrogens is 4. The molecule has 0 unspecified atom stereocenters. The van der Waals surface area contributed by atoms with Crippen molar-refractivity contribution >= 4 is 0 Å². The summed E-state index contributed by atoms with van der Waals surface area (Å²) in [6, 6.07) is 19.7. The quantitative estimate of drug-likeness (QED) is 0.516. The van der Waals surface area contributed by atoms with E-state index in [2.05, 4.69) is 15.3 Å². The number of hydrogen-bond donors (Lipinski definition) is 0. The van der Waals surface area contributed by atoms with Gasteiger partial charge in [-0.3, -0.25) is 4.98 Å². The molecule has 0 radical (unpaired) electrons. The van der Waals surface area contributed by atoms with Crippen LogP contribution >= 0.6 is 0 Å². The van der Waals surface area contributed by atoms with Gasteiger partial charge in [0.15, 0.2) is 0 Å². The van der Waals surface area contributed by atoms with Crippen LogP contribution in [0.1, 0.15) is 0 Å². The Hall–Kier alpha value is -3.54. The average molecular weight is 360 g/mol. The molecule has 2 heterocycles. The molecule has 5 nitrogen and oxygen atoms in total. The molecule has 0 aliphatic carbocycles. The second-order valence-electron chi connectivity index (χ2n) is 5.91. The van der Waals surface area contributed by atoms with Crippen molar-refractivity contribution in [2.24, 2.45) is 0 Å². The van der Waals surface area contributed by atoms with Gasteiger partial charge in [-0.05, 0) is 48.5 Å². The van der Waals surface area contributed by atoms with E-state index < -0.39 is 0 Å². The largest absolute Gasteiger partial charge is 0.492 e. The van der Waals surface area contributed by atoms with E-state index in [0.29, 0.717) is 18.8 Å². The fourth-order valence-corrected chi connectivity index (χ4v) is 2.83. The molecule has 0 saturated carbocycles. The molecular weight excluding hydrogens is 343 g/mol. The monoisotopic (exact) mass is 360 g/mol.